The van der Waals surface area contributed by atoms with Crippen molar-refractivity contribution in [1.82, 2.24) is 15.5 Å². The zero-order chi connectivity index (χ0) is 21.7. The molecule has 1 unspecified atom stereocenters. The summed E-state index contributed by atoms with van der Waals surface area (Å²) in [6.07, 6.45) is 2.50. The van der Waals surface area contributed by atoms with Crippen molar-refractivity contribution in [3.63, 3.8) is 0 Å². The highest BCUT2D eigenvalue weighted by Gasteiger charge is 2.23. The van der Waals surface area contributed by atoms with Crippen molar-refractivity contribution in [2.45, 2.75) is 26.0 Å². The van der Waals surface area contributed by atoms with Gasteiger partial charge in [-0.05, 0) is 43.2 Å². The summed E-state index contributed by atoms with van der Waals surface area (Å²) in [7, 11) is 0. The lowest BCUT2D eigenvalue weighted by Gasteiger charge is -2.34. The van der Waals surface area contributed by atoms with E-state index in [2.05, 4.69) is 15.5 Å². The molecule has 2 N–H and O–H groups in total. The fraction of sp³-hybridized carbons (Fsp3) is 0.522. The molecule has 2 heterocycles. The van der Waals surface area contributed by atoms with Crippen LogP contribution in [0.25, 0.3) is 0 Å². The standard InChI is InChI=1S/C23H33FN4O3.HI/c1-2-25-23(26-9-5-12-30-18-21-8-4-13-31-21)27-17-22(28-10-14-29-15-11-28)19-6-3-7-20(24)16-19;/h3-4,6-8,13,16,22H,2,5,9-12,14-15,17-18H2,1H3,(H2,25,26,27);1H. The molecule has 1 saturated heterocycles. The summed E-state index contributed by atoms with van der Waals surface area (Å²) in [6.45, 7) is 8.19. The van der Waals surface area contributed by atoms with Crippen LogP contribution in [0.2, 0.25) is 0 Å². The van der Waals surface area contributed by atoms with Gasteiger partial charge in [0.15, 0.2) is 5.96 Å². The molecule has 2 aromatic rings. The molecule has 1 fully saturated rings. The van der Waals surface area contributed by atoms with Crippen LogP contribution < -0.4 is 10.6 Å². The molecule has 1 aromatic carbocycles. The lowest BCUT2D eigenvalue weighted by molar-refractivity contribution is 0.0179. The largest absolute Gasteiger partial charge is 0.467 e. The number of aliphatic imine (C=N–C) groups is 1. The van der Waals surface area contributed by atoms with Crippen molar-refractivity contribution in [3.05, 3.63) is 59.8 Å². The van der Waals surface area contributed by atoms with E-state index in [-0.39, 0.29) is 35.8 Å². The Bertz CT molecular complexity index is 785. The first-order chi connectivity index (χ1) is 15.3. The van der Waals surface area contributed by atoms with Gasteiger partial charge in [-0.25, -0.2) is 4.39 Å². The van der Waals surface area contributed by atoms with E-state index in [9.17, 15) is 4.39 Å². The summed E-state index contributed by atoms with van der Waals surface area (Å²) < 4.78 is 30.2. The summed E-state index contributed by atoms with van der Waals surface area (Å²) in [6, 6.07) is 10.6. The van der Waals surface area contributed by atoms with Crippen molar-refractivity contribution >= 4 is 29.9 Å². The molecule has 1 aliphatic rings. The second-order valence-electron chi connectivity index (χ2n) is 7.35. The molecule has 1 aliphatic heterocycles. The summed E-state index contributed by atoms with van der Waals surface area (Å²) in [5.41, 5.74) is 0.938. The van der Waals surface area contributed by atoms with E-state index in [1.807, 2.05) is 25.1 Å². The van der Waals surface area contributed by atoms with Crippen LogP contribution in [0.3, 0.4) is 0 Å². The molecular weight excluding hydrogens is 526 g/mol. The van der Waals surface area contributed by atoms with Crippen LogP contribution >= 0.6 is 24.0 Å². The van der Waals surface area contributed by atoms with Crippen LogP contribution in [0, 0.1) is 5.82 Å². The van der Waals surface area contributed by atoms with E-state index in [1.54, 1.807) is 18.4 Å². The molecule has 178 valence electrons. The van der Waals surface area contributed by atoms with Crippen LogP contribution in [-0.4, -0.2) is 63.4 Å². The van der Waals surface area contributed by atoms with Gasteiger partial charge < -0.3 is 24.5 Å². The van der Waals surface area contributed by atoms with Crippen LogP contribution in [0.4, 0.5) is 4.39 Å². The molecule has 7 nitrogen and oxygen atoms in total. The Hall–Kier alpha value is -1.69. The van der Waals surface area contributed by atoms with Gasteiger partial charge in [0.1, 0.15) is 18.2 Å². The summed E-state index contributed by atoms with van der Waals surface area (Å²) >= 11 is 0. The van der Waals surface area contributed by atoms with Gasteiger partial charge in [0.25, 0.3) is 0 Å². The first-order valence-corrected chi connectivity index (χ1v) is 11.0. The smallest absolute Gasteiger partial charge is 0.191 e. The first kappa shape index (κ1) is 26.6. The van der Waals surface area contributed by atoms with Gasteiger partial charge in [0.05, 0.1) is 32.1 Å². The van der Waals surface area contributed by atoms with Crippen molar-refractivity contribution in [2.24, 2.45) is 4.99 Å². The zero-order valence-electron chi connectivity index (χ0n) is 18.6. The van der Waals surface area contributed by atoms with E-state index in [4.69, 9.17) is 18.9 Å². The highest BCUT2D eigenvalue weighted by molar-refractivity contribution is 14.0. The number of halogens is 2. The van der Waals surface area contributed by atoms with E-state index >= 15 is 0 Å². The molecule has 9 heteroatoms. The molecule has 1 atom stereocenters. The summed E-state index contributed by atoms with van der Waals surface area (Å²) in [5, 5.41) is 6.64. The third-order valence-corrected chi connectivity index (χ3v) is 5.07. The Morgan fingerprint density at radius 2 is 2.06 bits per heavy atom. The predicted molar refractivity (Wildman–Crippen MR) is 134 cm³/mol. The Kier molecular flexibility index (Phi) is 12.6. The zero-order valence-corrected chi connectivity index (χ0v) is 20.9. The maximum atomic E-state index is 13.9. The van der Waals surface area contributed by atoms with E-state index in [0.29, 0.717) is 33.0 Å². The van der Waals surface area contributed by atoms with Gasteiger partial charge in [-0.15, -0.1) is 24.0 Å². The van der Waals surface area contributed by atoms with Crippen LogP contribution in [0.15, 0.2) is 52.1 Å². The number of guanidine groups is 1. The molecule has 0 aliphatic carbocycles. The molecular formula is C23H34FIN4O3. The normalized spacial score (nSPS) is 15.8. The highest BCUT2D eigenvalue weighted by atomic mass is 127. The van der Waals surface area contributed by atoms with Crippen molar-refractivity contribution in [1.29, 1.82) is 0 Å². The van der Waals surface area contributed by atoms with E-state index in [1.165, 1.54) is 6.07 Å². The molecule has 0 bridgehead atoms. The number of hydrogen-bond acceptors (Lipinski definition) is 5. The van der Waals surface area contributed by atoms with Crippen molar-refractivity contribution in [3.8, 4) is 0 Å². The van der Waals surface area contributed by atoms with E-state index in [0.717, 1.165) is 49.9 Å². The fourth-order valence-electron chi connectivity index (χ4n) is 3.50. The monoisotopic (exact) mass is 560 g/mol. The van der Waals surface area contributed by atoms with Crippen molar-refractivity contribution < 1.29 is 18.3 Å². The SMILES string of the molecule is CCNC(=NCC(c1cccc(F)c1)N1CCOCC1)NCCCOCc1ccco1.I. The van der Waals surface area contributed by atoms with Gasteiger partial charge in [0, 0.05) is 32.8 Å². The number of benzene rings is 1. The lowest BCUT2D eigenvalue weighted by Crippen LogP contribution is -2.42. The number of hydrogen-bond donors (Lipinski definition) is 2. The second kappa shape index (κ2) is 15.2. The number of morpholine rings is 1. The maximum absolute atomic E-state index is 13.9. The van der Waals surface area contributed by atoms with Crippen LogP contribution in [0.1, 0.15) is 30.7 Å². The highest BCUT2D eigenvalue weighted by Crippen LogP contribution is 2.23. The van der Waals surface area contributed by atoms with Crippen LogP contribution in [-0.2, 0) is 16.1 Å². The van der Waals surface area contributed by atoms with Gasteiger partial charge in [-0.2, -0.15) is 0 Å². The number of nitrogens with zero attached hydrogens (tertiary/aromatic N) is 2. The fourth-order valence-corrected chi connectivity index (χ4v) is 3.50. The third-order valence-electron chi connectivity index (χ3n) is 5.07. The van der Waals surface area contributed by atoms with Crippen molar-refractivity contribution in [2.75, 3.05) is 52.5 Å². The number of nitrogens with one attached hydrogen (secondary N) is 2. The Balaban J connectivity index is 0.00000363. The summed E-state index contributed by atoms with van der Waals surface area (Å²) in [5.74, 6) is 1.36. The minimum atomic E-state index is -0.223. The molecule has 0 amide bonds. The number of ether oxygens (including phenoxy) is 2. The van der Waals surface area contributed by atoms with Crippen LogP contribution in [0.5, 0.6) is 0 Å². The van der Waals surface area contributed by atoms with Gasteiger partial charge in [-0.1, -0.05) is 12.1 Å². The first-order valence-electron chi connectivity index (χ1n) is 11.0. The number of furan rings is 1. The topological polar surface area (TPSA) is 71.3 Å². The molecule has 1 aromatic heterocycles. The Morgan fingerprint density at radius 3 is 2.78 bits per heavy atom. The maximum Gasteiger partial charge on any atom is 0.191 e. The second-order valence-corrected chi connectivity index (χ2v) is 7.35. The quantitative estimate of drug-likeness (QED) is 0.190. The summed E-state index contributed by atoms with van der Waals surface area (Å²) in [4.78, 5) is 7.10. The lowest BCUT2D eigenvalue weighted by atomic mass is 10.0. The molecule has 0 saturated carbocycles. The van der Waals surface area contributed by atoms with Gasteiger partial charge in [-0.3, -0.25) is 9.89 Å². The molecule has 0 spiro atoms. The third kappa shape index (κ3) is 9.05. The molecule has 0 radical (unpaired) electrons. The van der Waals surface area contributed by atoms with E-state index < -0.39 is 0 Å². The Labute approximate surface area is 206 Å². The molecule has 32 heavy (non-hydrogen) atoms. The number of rotatable bonds is 11. The minimum Gasteiger partial charge on any atom is -0.467 e. The average Bonchev–Trinajstić information content (AvgIpc) is 3.30. The average molecular weight is 560 g/mol. The molecule has 3 rings (SSSR count). The Morgan fingerprint density at radius 1 is 1.22 bits per heavy atom. The van der Waals surface area contributed by atoms with Gasteiger partial charge >= 0.3 is 0 Å². The minimum absolute atomic E-state index is 0. The predicted octanol–water partition coefficient (Wildman–Crippen LogP) is 3.57. The van der Waals surface area contributed by atoms with Gasteiger partial charge in [0.2, 0.25) is 0 Å².